The van der Waals surface area contributed by atoms with Crippen molar-refractivity contribution < 1.29 is 0 Å². The third-order valence-electron chi connectivity index (χ3n) is 1.05. The van der Waals surface area contributed by atoms with E-state index >= 15 is 0 Å². The van der Waals surface area contributed by atoms with Crippen molar-refractivity contribution in [2.75, 3.05) is 0 Å². The van der Waals surface area contributed by atoms with E-state index in [9.17, 15) is 0 Å². The van der Waals surface area contributed by atoms with Crippen LogP contribution in [0, 0.1) is 0 Å². The maximum absolute atomic E-state index is 4.87. The fraction of sp³-hybridized carbons (Fsp3) is 1.00. The molecular formula is C4H7S. The lowest BCUT2D eigenvalue weighted by Gasteiger charge is -2.16. The first-order valence-electron chi connectivity index (χ1n) is 2.05. The molecule has 0 spiro atoms. The molecule has 5 heavy (non-hydrogen) atoms. The Kier molecular flexibility index (Phi) is 0.856. The summed E-state index contributed by atoms with van der Waals surface area (Å²) < 4.78 is 0. The van der Waals surface area contributed by atoms with Gasteiger partial charge in [-0.3, -0.25) is 0 Å². The highest BCUT2D eigenvalue weighted by Gasteiger charge is 2.11. The predicted octanol–water partition coefficient (Wildman–Crippen LogP) is 1.74. The Morgan fingerprint density at radius 2 is 1.80 bits per heavy atom. The Morgan fingerprint density at radius 3 is 1.80 bits per heavy atom. The van der Waals surface area contributed by atoms with Gasteiger partial charge in [0.05, 0.1) is 0 Å². The van der Waals surface area contributed by atoms with Gasteiger partial charge in [0, 0.05) is 5.25 Å². The van der Waals surface area contributed by atoms with E-state index in [1.807, 2.05) is 0 Å². The van der Waals surface area contributed by atoms with Gasteiger partial charge in [-0.2, -0.15) is 0 Å². The lowest BCUT2D eigenvalue weighted by atomic mass is 10.0. The van der Waals surface area contributed by atoms with Gasteiger partial charge in [0.15, 0.2) is 0 Å². The molecule has 0 saturated heterocycles. The first kappa shape index (κ1) is 3.54. The fourth-order valence-electron chi connectivity index (χ4n) is 0.371. The Hall–Kier alpha value is 0.350. The van der Waals surface area contributed by atoms with E-state index in [1.165, 1.54) is 19.3 Å². The first-order valence-corrected chi connectivity index (χ1v) is 2.52. The third kappa shape index (κ3) is 0.596. The summed E-state index contributed by atoms with van der Waals surface area (Å²) in [6.07, 6.45) is 3.98. The second kappa shape index (κ2) is 1.21. The van der Waals surface area contributed by atoms with Crippen LogP contribution in [0.3, 0.4) is 0 Å². The van der Waals surface area contributed by atoms with Crippen molar-refractivity contribution in [3.05, 3.63) is 0 Å². The molecule has 0 unspecified atom stereocenters. The molecule has 1 fully saturated rings. The highest BCUT2D eigenvalue weighted by molar-refractivity contribution is 7.81. The number of rotatable bonds is 0. The lowest BCUT2D eigenvalue weighted by Crippen LogP contribution is -2.08. The highest BCUT2D eigenvalue weighted by atomic mass is 32.1. The fourth-order valence-corrected chi connectivity index (χ4v) is 0.704. The average Bonchev–Trinajstić information content (AvgIpc) is 1.30. The zero-order valence-corrected chi connectivity index (χ0v) is 3.92. The van der Waals surface area contributed by atoms with Crippen molar-refractivity contribution >= 4 is 12.6 Å². The van der Waals surface area contributed by atoms with Crippen LogP contribution in [0.2, 0.25) is 0 Å². The van der Waals surface area contributed by atoms with Crippen molar-refractivity contribution in [2.24, 2.45) is 0 Å². The van der Waals surface area contributed by atoms with Gasteiger partial charge >= 0.3 is 0 Å². The van der Waals surface area contributed by atoms with Crippen LogP contribution in [-0.4, -0.2) is 5.25 Å². The summed E-state index contributed by atoms with van der Waals surface area (Å²) in [6, 6.07) is 0. The highest BCUT2D eigenvalue weighted by Crippen LogP contribution is 2.22. The van der Waals surface area contributed by atoms with E-state index in [1.54, 1.807) is 0 Å². The van der Waals surface area contributed by atoms with E-state index in [-0.39, 0.29) is 0 Å². The maximum Gasteiger partial charge on any atom is 0.0151 e. The molecule has 0 aromatic heterocycles. The minimum absolute atomic E-state index is 0.648. The standard InChI is InChI=1S/C4H7S/c5-4-2-1-3-4/h4H,1-3H2. The topological polar surface area (TPSA) is 0 Å². The Balaban J connectivity index is 2.08. The third-order valence-corrected chi connectivity index (χ3v) is 1.52. The molecule has 1 aliphatic rings. The molecule has 0 heterocycles. The zero-order chi connectivity index (χ0) is 3.70. The molecule has 29 valence electrons. The number of hydrogen-bond donors (Lipinski definition) is 0. The average molecular weight is 87.2 g/mol. The molecule has 0 aromatic carbocycles. The summed E-state index contributed by atoms with van der Waals surface area (Å²) >= 11 is 4.87. The second-order valence-electron chi connectivity index (χ2n) is 1.55. The molecule has 0 atom stereocenters. The van der Waals surface area contributed by atoms with Gasteiger partial charge in [0.2, 0.25) is 0 Å². The Labute approximate surface area is 38.0 Å². The van der Waals surface area contributed by atoms with Crippen LogP contribution in [0.15, 0.2) is 0 Å². The van der Waals surface area contributed by atoms with E-state index in [2.05, 4.69) is 0 Å². The van der Waals surface area contributed by atoms with Crippen LogP contribution in [0.1, 0.15) is 19.3 Å². The van der Waals surface area contributed by atoms with Gasteiger partial charge in [-0.05, 0) is 12.8 Å². The van der Waals surface area contributed by atoms with Gasteiger partial charge < -0.3 is 0 Å². The van der Waals surface area contributed by atoms with Gasteiger partial charge in [0.1, 0.15) is 0 Å². The molecule has 1 rings (SSSR count). The summed E-state index contributed by atoms with van der Waals surface area (Å²) in [5, 5.41) is 0.648. The van der Waals surface area contributed by atoms with Crippen LogP contribution in [-0.2, 0) is 0 Å². The largest absolute Gasteiger partial charge is 0.0904 e. The molecule has 0 bridgehead atoms. The van der Waals surface area contributed by atoms with Gasteiger partial charge in [0.25, 0.3) is 0 Å². The molecule has 0 aromatic rings. The van der Waals surface area contributed by atoms with Crippen molar-refractivity contribution in [3.63, 3.8) is 0 Å². The van der Waals surface area contributed by atoms with E-state index in [0.717, 1.165) is 0 Å². The monoisotopic (exact) mass is 87.0 g/mol. The molecule has 0 N–H and O–H groups in total. The summed E-state index contributed by atoms with van der Waals surface area (Å²) in [4.78, 5) is 0. The molecule has 0 aliphatic heterocycles. The van der Waals surface area contributed by atoms with Crippen LogP contribution >= 0.6 is 12.6 Å². The Morgan fingerprint density at radius 1 is 1.40 bits per heavy atom. The SMILES string of the molecule is [S]C1CCC1. The van der Waals surface area contributed by atoms with E-state index in [0.29, 0.717) is 5.25 Å². The lowest BCUT2D eigenvalue weighted by molar-refractivity contribution is 0.525. The van der Waals surface area contributed by atoms with Crippen molar-refractivity contribution in [2.45, 2.75) is 24.5 Å². The van der Waals surface area contributed by atoms with E-state index < -0.39 is 0 Å². The molecular weight excluding hydrogens is 80.1 g/mol. The van der Waals surface area contributed by atoms with E-state index in [4.69, 9.17) is 12.6 Å². The minimum Gasteiger partial charge on any atom is -0.0904 e. The maximum atomic E-state index is 4.87. The summed E-state index contributed by atoms with van der Waals surface area (Å²) in [5.74, 6) is 0. The van der Waals surface area contributed by atoms with Crippen LogP contribution in [0.4, 0.5) is 0 Å². The molecule has 1 aliphatic carbocycles. The second-order valence-corrected chi connectivity index (χ2v) is 2.22. The summed E-state index contributed by atoms with van der Waals surface area (Å²) in [5.41, 5.74) is 0. The van der Waals surface area contributed by atoms with Crippen LogP contribution in [0.5, 0.6) is 0 Å². The van der Waals surface area contributed by atoms with Crippen molar-refractivity contribution in [1.82, 2.24) is 0 Å². The van der Waals surface area contributed by atoms with Gasteiger partial charge in [-0.25, -0.2) is 0 Å². The quantitative estimate of drug-likeness (QED) is 0.422. The van der Waals surface area contributed by atoms with Crippen LogP contribution in [0.25, 0.3) is 0 Å². The van der Waals surface area contributed by atoms with Crippen LogP contribution < -0.4 is 0 Å². The Bertz CT molecular complexity index is 30.6. The molecule has 1 radical (unpaired) electrons. The summed E-state index contributed by atoms with van der Waals surface area (Å²) in [7, 11) is 0. The molecule has 0 amide bonds. The normalized spacial score (nSPS) is 25.8. The molecule has 1 saturated carbocycles. The first-order chi connectivity index (χ1) is 2.39. The van der Waals surface area contributed by atoms with Gasteiger partial charge in [-0.1, -0.05) is 19.0 Å². The van der Waals surface area contributed by atoms with Crippen molar-refractivity contribution in [1.29, 1.82) is 0 Å². The minimum atomic E-state index is 0.648. The molecule has 0 nitrogen and oxygen atoms in total. The zero-order valence-electron chi connectivity index (χ0n) is 3.11. The predicted molar refractivity (Wildman–Crippen MR) is 25.2 cm³/mol. The smallest absolute Gasteiger partial charge is 0.0151 e. The van der Waals surface area contributed by atoms with Gasteiger partial charge in [-0.15, -0.1) is 0 Å². The van der Waals surface area contributed by atoms with Crippen molar-refractivity contribution in [3.8, 4) is 0 Å². The molecule has 1 heteroatoms. The number of hydrogen-bond acceptors (Lipinski definition) is 0. The summed E-state index contributed by atoms with van der Waals surface area (Å²) in [6.45, 7) is 0.